The molecule has 2 heterocycles. The van der Waals surface area contributed by atoms with E-state index in [0.29, 0.717) is 16.5 Å². The number of hydrogen-bond acceptors (Lipinski definition) is 5. The molecule has 19 heavy (non-hydrogen) atoms. The van der Waals surface area contributed by atoms with E-state index >= 15 is 0 Å². The van der Waals surface area contributed by atoms with Crippen molar-refractivity contribution in [1.29, 1.82) is 0 Å². The minimum Gasteiger partial charge on any atom is -0.307 e. The number of rotatable bonds is 2. The molecule has 5 nitrogen and oxygen atoms in total. The first-order valence-corrected chi connectivity index (χ1v) is 6.00. The van der Waals surface area contributed by atoms with Gasteiger partial charge >= 0.3 is 0 Å². The average molecular weight is 272 g/mol. The lowest BCUT2D eigenvalue weighted by Crippen LogP contribution is -2.10. The van der Waals surface area contributed by atoms with Crippen LogP contribution in [-0.2, 0) is 0 Å². The lowest BCUT2D eigenvalue weighted by molar-refractivity contribution is 1.16. The van der Waals surface area contributed by atoms with Crippen molar-refractivity contribution in [3.63, 3.8) is 0 Å². The van der Waals surface area contributed by atoms with Crippen molar-refractivity contribution in [2.75, 3.05) is 5.43 Å². The van der Waals surface area contributed by atoms with Crippen LogP contribution in [0.3, 0.4) is 0 Å². The Morgan fingerprint density at radius 1 is 1.00 bits per heavy atom. The molecule has 3 aromatic rings. The van der Waals surface area contributed by atoms with Gasteiger partial charge in [-0.1, -0.05) is 11.6 Å². The number of nitrogen functional groups attached to an aromatic ring is 1. The first-order chi connectivity index (χ1) is 9.31. The van der Waals surface area contributed by atoms with Crippen LogP contribution in [0.25, 0.3) is 22.2 Å². The molecule has 3 N–H and O–H groups in total. The Balaban J connectivity index is 2.34. The second kappa shape index (κ2) is 4.79. The number of nitrogens with one attached hydrogen (secondary N) is 1. The van der Waals surface area contributed by atoms with Crippen molar-refractivity contribution in [3.8, 4) is 11.3 Å². The van der Waals surface area contributed by atoms with E-state index in [2.05, 4.69) is 20.4 Å². The summed E-state index contributed by atoms with van der Waals surface area (Å²) in [6.45, 7) is 0. The number of halogens is 1. The standard InChI is InChI=1S/C13H10ClN5/c14-10-4-3-9(11-8(10)2-1-5-16-11)12-13(19-15)18-7-6-17-12/h1-7H,15H2,(H,18,19). The number of hydrazine groups is 1. The molecule has 1 aromatic carbocycles. The maximum atomic E-state index is 6.17. The lowest BCUT2D eigenvalue weighted by Gasteiger charge is -2.09. The highest BCUT2D eigenvalue weighted by molar-refractivity contribution is 6.35. The zero-order chi connectivity index (χ0) is 13.2. The monoisotopic (exact) mass is 271 g/mol. The first kappa shape index (κ1) is 11.8. The van der Waals surface area contributed by atoms with Crippen LogP contribution in [0.15, 0.2) is 42.9 Å². The maximum absolute atomic E-state index is 6.17. The molecule has 0 radical (unpaired) electrons. The number of aromatic nitrogens is 3. The third-order valence-electron chi connectivity index (χ3n) is 2.81. The van der Waals surface area contributed by atoms with E-state index < -0.39 is 0 Å². The van der Waals surface area contributed by atoms with Gasteiger partial charge in [-0.15, -0.1) is 0 Å². The van der Waals surface area contributed by atoms with E-state index in [1.165, 1.54) is 0 Å². The smallest absolute Gasteiger partial charge is 0.166 e. The number of anilines is 1. The Hall–Kier alpha value is -2.24. The molecule has 0 aliphatic heterocycles. The van der Waals surface area contributed by atoms with Crippen molar-refractivity contribution in [3.05, 3.63) is 47.9 Å². The molecule has 0 atom stereocenters. The highest BCUT2D eigenvalue weighted by Gasteiger charge is 2.12. The molecule has 0 fully saturated rings. The van der Waals surface area contributed by atoms with Gasteiger partial charge in [0.2, 0.25) is 0 Å². The highest BCUT2D eigenvalue weighted by Crippen LogP contribution is 2.32. The summed E-state index contributed by atoms with van der Waals surface area (Å²) in [4.78, 5) is 12.8. The van der Waals surface area contributed by atoms with Crippen molar-refractivity contribution in [1.82, 2.24) is 15.0 Å². The van der Waals surface area contributed by atoms with Gasteiger partial charge in [0.15, 0.2) is 5.82 Å². The molecule has 0 spiro atoms. The number of nitrogens with zero attached hydrogens (tertiary/aromatic N) is 3. The second-order valence-corrected chi connectivity index (χ2v) is 4.30. The van der Waals surface area contributed by atoms with Gasteiger partial charge < -0.3 is 5.43 Å². The molecule has 94 valence electrons. The quantitative estimate of drug-likeness (QED) is 0.553. The van der Waals surface area contributed by atoms with Crippen LogP contribution in [0, 0.1) is 0 Å². The van der Waals surface area contributed by atoms with Gasteiger partial charge in [-0.25, -0.2) is 10.8 Å². The Bertz CT molecular complexity index is 744. The predicted octanol–water partition coefficient (Wildman–Crippen LogP) is 2.63. The van der Waals surface area contributed by atoms with Gasteiger partial charge in [0.1, 0.15) is 5.69 Å². The Morgan fingerprint density at radius 2 is 1.84 bits per heavy atom. The van der Waals surface area contributed by atoms with Crippen molar-refractivity contribution in [2.24, 2.45) is 5.84 Å². The van der Waals surface area contributed by atoms with E-state index in [1.807, 2.05) is 24.3 Å². The third kappa shape index (κ3) is 1.99. The molecule has 0 unspecified atom stereocenters. The topological polar surface area (TPSA) is 76.7 Å². The van der Waals surface area contributed by atoms with Crippen molar-refractivity contribution in [2.45, 2.75) is 0 Å². The summed E-state index contributed by atoms with van der Waals surface area (Å²) in [7, 11) is 0. The molecule has 0 saturated carbocycles. The van der Waals surface area contributed by atoms with Crippen LogP contribution in [0.5, 0.6) is 0 Å². The average Bonchev–Trinajstić information content (AvgIpc) is 2.48. The van der Waals surface area contributed by atoms with Gasteiger partial charge in [0, 0.05) is 29.5 Å². The molecule has 0 saturated heterocycles. The molecule has 0 bridgehead atoms. The first-order valence-electron chi connectivity index (χ1n) is 5.62. The van der Waals surface area contributed by atoms with Gasteiger partial charge in [-0.05, 0) is 24.3 Å². The maximum Gasteiger partial charge on any atom is 0.166 e. The van der Waals surface area contributed by atoms with Crippen molar-refractivity contribution < 1.29 is 0 Å². The normalized spacial score (nSPS) is 10.6. The van der Waals surface area contributed by atoms with Crippen LogP contribution in [0.4, 0.5) is 5.82 Å². The Kier molecular flexibility index (Phi) is 2.98. The summed E-state index contributed by atoms with van der Waals surface area (Å²) < 4.78 is 0. The molecule has 2 aromatic heterocycles. The molecule has 0 amide bonds. The van der Waals surface area contributed by atoms with E-state index in [9.17, 15) is 0 Å². The van der Waals surface area contributed by atoms with Crippen LogP contribution >= 0.6 is 11.6 Å². The fraction of sp³-hybridized carbons (Fsp3) is 0. The Morgan fingerprint density at radius 3 is 2.68 bits per heavy atom. The number of pyridine rings is 1. The zero-order valence-electron chi connectivity index (χ0n) is 9.84. The van der Waals surface area contributed by atoms with Crippen LogP contribution in [0.2, 0.25) is 5.02 Å². The second-order valence-electron chi connectivity index (χ2n) is 3.89. The minimum atomic E-state index is 0.497. The molecule has 0 aliphatic carbocycles. The number of fused-ring (bicyclic) bond motifs is 1. The molecule has 0 aliphatic rings. The van der Waals surface area contributed by atoms with E-state index in [-0.39, 0.29) is 0 Å². The fourth-order valence-corrected chi connectivity index (χ4v) is 2.19. The lowest BCUT2D eigenvalue weighted by atomic mass is 10.1. The highest BCUT2D eigenvalue weighted by atomic mass is 35.5. The molecular formula is C13H10ClN5. The van der Waals surface area contributed by atoms with Gasteiger partial charge in [0.25, 0.3) is 0 Å². The molecule has 6 heteroatoms. The van der Waals surface area contributed by atoms with Gasteiger partial charge in [-0.3, -0.25) is 9.97 Å². The van der Waals surface area contributed by atoms with Crippen molar-refractivity contribution >= 4 is 28.3 Å². The fourth-order valence-electron chi connectivity index (χ4n) is 1.97. The van der Waals surface area contributed by atoms with Gasteiger partial charge in [-0.2, -0.15) is 0 Å². The summed E-state index contributed by atoms with van der Waals surface area (Å²) in [6.07, 6.45) is 4.90. The molecule has 3 rings (SSSR count). The summed E-state index contributed by atoms with van der Waals surface area (Å²) in [5.74, 6) is 5.96. The number of hydrogen-bond donors (Lipinski definition) is 2. The molecular weight excluding hydrogens is 262 g/mol. The van der Waals surface area contributed by atoms with Crippen LogP contribution in [-0.4, -0.2) is 15.0 Å². The summed E-state index contributed by atoms with van der Waals surface area (Å²) in [5, 5.41) is 1.52. The van der Waals surface area contributed by atoms with Gasteiger partial charge in [0.05, 0.1) is 10.5 Å². The largest absolute Gasteiger partial charge is 0.307 e. The van der Waals surface area contributed by atoms with E-state index in [0.717, 1.165) is 16.5 Å². The zero-order valence-corrected chi connectivity index (χ0v) is 10.6. The van der Waals surface area contributed by atoms with Crippen LogP contribution in [0.1, 0.15) is 0 Å². The third-order valence-corrected chi connectivity index (χ3v) is 3.14. The number of benzene rings is 1. The van der Waals surface area contributed by atoms with Crippen LogP contribution < -0.4 is 11.3 Å². The number of nitrogens with two attached hydrogens (primary N) is 1. The van der Waals surface area contributed by atoms with E-state index in [1.54, 1.807) is 18.6 Å². The summed E-state index contributed by atoms with van der Waals surface area (Å²) >= 11 is 6.17. The summed E-state index contributed by atoms with van der Waals surface area (Å²) in [6, 6.07) is 7.44. The predicted molar refractivity (Wildman–Crippen MR) is 75.6 cm³/mol. The SMILES string of the molecule is NNc1nccnc1-c1ccc(Cl)c2cccnc12. The minimum absolute atomic E-state index is 0.497. The Labute approximate surface area is 114 Å². The van der Waals surface area contributed by atoms with E-state index in [4.69, 9.17) is 17.4 Å². The summed E-state index contributed by atoms with van der Waals surface area (Å²) in [5.41, 5.74) is 4.79.